The average molecular weight is 406 g/mol. The molecule has 29 heavy (non-hydrogen) atoms. The number of hydrogen-bond donors (Lipinski definition) is 0. The molecule has 0 radical (unpaired) electrons. The monoisotopic (exact) mass is 406 g/mol. The van der Waals surface area contributed by atoms with Crippen LogP contribution in [0.3, 0.4) is 0 Å². The van der Waals surface area contributed by atoms with Crippen LogP contribution in [-0.2, 0) is 0 Å². The van der Waals surface area contributed by atoms with Gasteiger partial charge >= 0.3 is 5.00 Å². The van der Waals surface area contributed by atoms with E-state index in [4.69, 9.17) is 4.74 Å². The van der Waals surface area contributed by atoms with E-state index in [0.717, 1.165) is 11.3 Å². The van der Waals surface area contributed by atoms with Gasteiger partial charge in [-0.25, -0.2) is 0 Å². The van der Waals surface area contributed by atoms with Crippen molar-refractivity contribution in [2.24, 2.45) is 0 Å². The van der Waals surface area contributed by atoms with Crippen molar-refractivity contribution >= 4 is 32.3 Å². The fraction of sp³-hybridized carbons (Fsp3) is 0.0476. The second-order valence-electron chi connectivity index (χ2n) is 6.13. The van der Waals surface area contributed by atoms with Crippen molar-refractivity contribution in [3.8, 4) is 11.4 Å². The summed E-state index contributed by atoms with van der Waals surface area (Å²) in [6.07, 6.45) is 0. The van der Waals surface area contributed by atoms with Crippen LogP contribution in [0.1, 0.15) is 15.9 Å². The fourth-order valence-corrected chi connectivity index (χ4v) is 4.34. The van der Waals surface area contributed by atoms with Crippen LogP contribution in [0.25, 0.3) is 15.9 Å². The Balaban J connectivity index is 2.05. The number of fused-ring (bicyclic) bond motifs is 1. The van der Waals surface area contributed by atoms with Crippen LogP contribution in [0.15, 0.2) is 71.5 Å². The molecule has 4 rings (SSSR count). The Bertz CT molecular complexity index is 1310. The quantitative estimate of drug-likeness (QED) is 0.281. The first-order valence-corrected chi connectivity index (χ1v) is 9.40. The number of pyridine rings is 1. The van der Waals surface area contributed by atoms with E-state index in [-0.39, 0.29) is 21.7 Å². The molecule has 0 amide bonds. The van der Waals surface area contributed by atoms with Gasteiger partial charge in [-0.1, -0.05) is 30.3 Å². The fourth-order valence-electron chi connectivity index (χ4n) is 3.21. The van der Waals surface area contributed by atoms with Crippen molar-refractivity contribution in [1.29, 1.82) is 0 Å². The van der Waals surface area contributed by atoms with E-state index in [9.17, 15) is 19.7 Å². The van der Waals surface area contributed by atoms with Crippen LogP contribution >= 0.6 is 11.3 Å². The molecule has 8 heteroatoms. The molecule has 2 heterocycles. The molecule has 2 aromatic carbocycles. The molecule has 0 aliphatic carbocycles. The van der Waals surface area contributed by atoms with E-state index >= 15 is 0 Å². The van der Waals surface area contributed by atoms with Crippen molar-refractivity contribution in [3.63, 3.8) is 0 Å². The molecule has 7 nitrogen and oxygen atoms in total. The number of rotatable bonds is 5. The number of methoxy groups -OCH3 is 1. The van der Waals surface area contributed by atoms with E-state index in [1.165, 1.54) is 23.8 Å². The average Bonchev–Trinajstić information content (AvgIpc) is 3.13. The molecule has 0 spiro atoms. The molecule has 0 aliphatic heterocycles. The lowest BCUT2D eigenvalue weighted by molar-refractivity contribution is -0.380. The van der Waals surface area contributed by atoms with Crippen LogP contribution in [-0.4, -0.2) is 22.4 Å². The minimum Gasteiger partial charge on any atom is -0.496 e. The van der Waals surface area contributed by atoms with Crippen LogP contribution < -0.4 is 10.3 Å². The Labute approximate surface area is 168 Å². The molecule has 0 aliphatic rings. The predicted octanol–water partition coefficient (Wildman–Crippen LogP) is 4.20. The van der Waals surface area contributed by atoms with Gasteiger partial charge in [-0.3, -0.25) is 24.3 Å². The van der Waals surface area contributed by atoms with Gasteiger partial charge in [-0.05, 0) is 41.7 Å². The number of aromatic nitrogens is 1. The van der Waals surface area contributed by atoms with E-state index in [1.807, 2.05) is 6.07 Å². The van der Waals surface area contributed by atoms with Crippen LogP contribution in [0.2, 0.25) is 0 Å². The maximum atomic E-state index is 13.3. The Morgan fingerprint density at radius 2 is 1.72 bits per heavy atom. The summed E-state index contributed by atoms with van der Waals surface area (Å²) in [5, 5.41) is 11.8. The molecule has 0 saturated carbocycles. The van der Waals surface area contributed by atoms with Crippen LogP contribution in [0.4, 0.5) is 5.00 Å². The van der Waals surface area contributed by atoms with Crippen molar-refractivity contribution in [2.75, 3.05) is 7.11 Å². The Hall–Kier alpha value is -3.78. The highest BCUT2D eigenvalue weighted by molar-refractivity contribution is 7.22. The summed E-state index contributed by atoms with van der Waals surface area (Å²) in [6, 6.07) is 18.1. The van der Waals surface area contributed by atoms with Gasteiger partial charge < -0.3 is 4.74 Å². The summed E-state index contributed by atoms with van der Waals surface area (Å²) in [5.41, 5.74) is 0.395. The molecule has 144 valence electrons. The highest BCUT2D eigenvalue weighted by atomic mass is 32.1. The Morgan fingerprint density at radius 1 is 1.03 bits per heavy atom. The van der Waals surface area contributed by atoms with Gasteiger partial charge in [0.1, 0.15) is 16.1 Å². The number of carbonyl (C=O) groups is 1. The number of benzene rings is 2. The lowest BCUT2D eigenvalue weighted by Crippen LogP contribution is -2.16. The summed E-state index contributed by atoms with van der Waals surface area (Å²) < 4.78 is 6.63. The lowest BCUT2D eigenvalue weighted by Gasteiger charge is -2.08. The molecule has 0 unspecified atom stereocenters. The van der Waals surface area contributed by atoms with E-state index in [0.29, 0.717) is 21.7 Å². The molecule has 0 saturated heterocycles. The van der Waals surface area contributed by atoms with Gasteiger partial charge in [-0.15, -0.1) is 0 Å². The molecular weight excluding hydrogens is 392 g/mol. The zero-order chi connectivity index (χ0) is 20.5. The summed E-state index contributed by atoms with van der Waals surface area (Å²) in [6.45, 7) is 0. The van der Waals surface area contributed by atoms with Gasteiger partial charge in [0.15, 0.2) is 0 Å². The van der Waals surface area contributed by atoms with Crippen molar-refractivity contribution < 1.29 is 14.5 Å². The standard InChI is InChI=1S/C21H14N2O5S/c1-28-16-10-6-5-9-14(16)19(25)18-15-11-12-17(24)22(13-7-3-2-4-8-13)20(15)29-21(18)23(26)27/h2-12H,1H3. The SMILES string of the molecule is COc1ccccc1C(=O)c1c([N+](=O)[O-])sc2c1ccc(=O)n2-c1ccccc1. The number of carbonyl (C=O) groups excluding carboxylic acids is 1. The van der Waals surface area contributed by atoms with Gasteiger partial charge in [0, 0.05) is 11.5 Å². The number of nitrogens with zero attached hydrogens (tertiary/aromatic N) is 2. The number of thiophene rings is 1. The minimum atomic E-state index is -0.590. The number of hydrogen-bond acceptors (Lipinski definition) is 6. The highest BCUT2D eigenvalue weighted by Crippen LogP contribution is 2.39. The molecule has 0 fully saturated rings. The van der Waals surface area contributed by atoms with E-state index in [2.05, 4.69) is 0 Å². The normalized spacial score (nSPS) is 10.8. The third kappa shape index (κ3) is 3.09. The van der Waals surface area contributed by atoms with Crippen molar-refractivity contribution in [1.82, 2.24) is 4.57 Å². The van der Waals surface area contributed by atoms with Crippen molar-refractivity contribution in [3.05, 3.63) is 98.3 Å². The van der Waals surface area contributed by atoms with Gasteiger partial charge in [-0.2, -0.15) is 0 Å². The van der Waals surface area contributed by atoms with Gasteiger partial charge in [0.25, 0.3) is 5.56 Å². The number of nitro groups is 1. The predicted molar refractivity (Wildman–Crippen MR) is 111 cm³/mol. The minimum absolute atomic E-state index is 0.0517. The van der Waals surface area contributed by atoms with E-state index < -0.39 is 10.7 Å². The first-order valence-electron chi connectivity index (χ1n) is 8.59. The zero-order valence-electron chi connectivity index (χ0n) is 15.2. The molecular formula is C21H14N2O5S. The van der Waals surface area contributed by atoms with Crippen molar-refractivity contribution in [2.45, 2.75) is 0 Å². The molecule has 0 atom stereocenters. The molecule has 2 aromatic heterocycles. The highest BCUT2D eigenvalue weighted by Gasteiger charge is 2.31. The summed E-state index contributed by atoms with van der Waals surface area (Å²) >= 11 is 0.806. The maximum absolute atomic E-state index is 13.3. The van der Waals surface area contributed by atoms with Crippen LogP contribution in [0, 0.1) is 10.1 Å². The molecule has 0 N–H and O–H groups in total. The largest absolute Gasteiger partial charge is 0.496 e. The number of ether oxygens (including phenoxy) is 1. The third-order valence-electron chi connectivity index (χ3n) is 4.48. The summed E-state index contributed by atoms with van der Waals surface area (Å²) in [4.78, 5) is 37.4. The van der Waals surface area contributed by atoms with E-state index in [1.54, 1.807) is 48.5 Å². The zero-order valence-corrected chi connectivity index (χ0v) is 16.0. The Kier molecular flexibility index (Phi) is 4.69. The summed E-state index contributed by atoms with van der Waals surface area (Å²) in [5.74, 6) is -0.207. The summed E-state index contributed by atoms with van der Waals surface area (Å²) in [7, 11) is 1.43. The van der Waals surface area contributed by atoms with Gasteiger partial charge in [0.05, 0.1) is 23.3 Å². The molecule has 0 bridgehead atoms. The first-order chi connectivity index (χ1) is 14.0. The third-order valence-corrected chi connectivity index (χ3v) is 5.62. The number of para-hydroxylation sites is 2. The smallest absolute Gasteiger partial charge is 0.337 e. The lowest BCUT2D eigenvalue weighted by atomic mass is 10.0. The maximum Gasteiger partial charge on any atom is 0.337 e. The first kappa shape index (κ1) is 18.6. The topological polar surface area (TPSA) is 91.4 Å². The van der Waals surface area contributed by atoms with Gasteiger partial charge in [0.2, 0.25) is 5.78 Å². The number of ketones is 1. The van der Waals surface area contributed by atoms with Crippen LogP contribution in [0.5, 0.6) is 5.75 Å². The second kappa shape index (κ2) is 7.33. The Morgan fingerprint density at radius 3 is 2.41 bits per heavy atom. The molecule has 4 aromatic rings. The second-order valence-corrected chi connectivity index (χ2v) is 7.11.